The number of hydrogen-bond donors (Lipinski definition) is 0. The third kappa shape index (κ3) is 8.98. The monoisotopic (exact) mass is 340 g/mol. The Morgan fingerprint density at radius 1 is 1.06 bits per heavy atom. The minimum atomic E-state index is -3.77. The first-order chi connectivity index (χ1) is 8.39. The highest BCUT2D eigenvalue weighted by atomic mass is 35.5. The zero-order valence-corrected chi connectivity index (χ0v) is 13.8. The first-order valence-electron chi connectivity index (χ1n) is 5.92. The molecule has 4 nitrogen and oxygen atoms in total. The van der Waals surface area contributed by atoms with Gasteiger partial charge in [0.05, 0.1) is 19.1 Å². The van der Waals surface area contributed by atoms with Gasteiger partial charge in [-0.1, -0.05) is 49.9 Å². The first kappa shape index (κ1) is 19.0. The van der Waals surface area contributed by atoms with Crippen molar-refractivity contribution in [1.82, 2.24) is 0 Å². The van der Waals surface area contributed by atoms with E-state index in [9.17, 15) is 4.57 Å². The third-order valence-corrected chi connectivity index (χ3v) is 4.72. The quantitative estimate of drug-likeness (QED) is 0.297. The molecule has 0 atom stereocenters. The van der Waals surface area contributed by atoms with Crippen LogP contribution in [0.4, 0.5) is 0 Å². The van der Waals surface area contributed by atoms with Crippen LogP contribution in [0.5, 0.6) is 0 Å². The molecule has 0 aliphatic rings. The van der Waals surface area contributed by atoms with Gasteiger partial charge in [-0.3, -0.25) is 9.05 Å². The summed E-state index contributed by atoms with van der Waals surface area (Å²) in [5, 5.41) is 0. The van der Waals surface area contributed by atoms with E-state index in [4.69, 9.17) is 48.4 Å². The molecule has 0 N–H and O–H groups in total. The molecule has 0 unspecified atom stereocenters. The molecule has 0 saturated carbocycles. The van der Waals surface area contributed by atoms with Crippen LogP contribution in [0.2, 0.25) is 0 Å². The predicted molar refractivity (Wildman–Crippen MR) is 75.6 cm³/mol. The maximum absolute atomic E-state index is 12.2. The molecule has 0 amide bonds. The summed E-state index contributed by atoms with van der Waals surface area (Å²) in [5.74, 6) is -0.242. The Morgan fingerprint density at radius 2 is 1.50 bits per heavy atom. The topological polar surface area (TPSA) is 44.8 Å². The molecule has 8 heteroatoms. The summed E-state index contributed by atoms with van der Waals surface area (Å²) in [6.07, 6.45) is 3.28. The van der Waals surface area contributed by atoms with Crippen LogP contribution in [0.25, 0.3) is 0 Å². The Morgan fingerprint density at radius 3 is 1.83 bits per heavy atom. The van der Waals surface area contributed by atoms with E-state index in [1.165, 1.54) is 0 Å². The number of rotatable bonds is 11. The van der Waals surface area contributed by atoms with Crippen LogP contribution in [-0.2, 0) is 18.1 Å². The lowest BCUT2D eigenvalue weighted by atomic mass is 10.4. The van der Waals surface area contributed by atoms with Gasteiger partial charge in [-0.05, 0) is 12.8 Å². The van der Waals surface area contributed by atoms with Gasteiger partial charge in [-0.15, -0.1) is 11.6 Å². The number of phosphoric ester groups is 1. The summed E-state index contributed by atoms with van der Waals surface area (Å²) in [7, 11) is -3.77. The van der Waals surface area contributed by atoms with Gasteiger partial charge in [0.2, 0.25) is 4.52 Å². The molecule has 18 heavy (non-hydrogen) atoms. The fourth-order valence-electron chi connectivity index (χ4n) is 0.919. The number of phosphoric acid groups is 1. The molecule has 0 aromatic heterocycles. The van der Waals surface area contributed by atoms with Gasteiger partial charge < -0.3 is 0 Å². The number of halogens is 3. The highest BCUT2D eigenvalue weighted by Crippen LogP contribution is 2.55. The zero-order valence-electron chi connectivity index (χ0n) is 10.7. The van der Waals surface area contributed by atoms with E-state index < -0.39 is 12.3 Å². The molecule has 0 fully saturated rings. The Balaban J connectivity index is 4.43. The van der Waals surface area contributed by atoms with Crippen molar-refractivity contribution >= 4 is 42.6 Å². The van der Waals surface area contributed by atoms with Crippen molar-refractivity contribution in [3.8, 4) is 0 Å². The molecule has 0 rings (SSSR count). The van der Waals surface area contributed by atoms with Gasteiger partial charge in [0.1, 0.15) is 0 Å². The van der Waals surface area contributed by atoms with Crippen molar-refractivity contribution in [1.29, 1.82) is 0 Å². The van der Waals surface area contributed by atoms with Crippen LogP contribution in [0.1, 0.15) is 39.5 Å². The lowest BCUT2D eigenvalue weighted by Gasteiger charge is -2.24. The van der Waals surface area contributed by atoms with Gasteiger partial charge in [0.15, 0.2) is 0 Å². The fourth-order valence-corrected chi connectivity index (χ4v) is 2.83. The summed E-state index contributed by atoms with van der Waals surface area (Å²) in [4.78, 5) is 0. The third-order valence-electron chi connectivity index (χ3n) is 1.90. The van der Waals surface area contributed by atoms with Crippen LogP contribution in [-0.4, -0.2) is 23.6 Å². The molecule has 110 valence electrons. The summed E-state index contributed by atoms with van der Waals surface area (Å²) in [6, 6.07) is 0. The van der Waals surface area contributed by atoms with Crippen molar-refractivity contribution in [2.75, 3.05) is 19.1 Å². The zero-order chi connectivity index (χ0) is 14.1. The molecule has 0 aliphatic carbocycles. The van der Waals surface area contributed by atoms with Crippen molar-refractivity contribution in [3.05, 3.63) is 0 Å². The van der Waals surface area contributed by atoms with Crippen molar-refractivity contribution in [3.63, 3.8) is 0 Å². The van der Waals surface area contributed by atoms with Gasteiger partial charge in [-0.25, -0.2) is 9.09 Å². The van der Waals surface area contributed by atoms with E-state index in [1.807, 2.05) is 13.8 Å². The highest BCUT2D eigenvalue weighted by molar-refractivity contribution is 7.48. The smallest absolute Gasteiger partial charge is 0.287 e. The Bertz CT molecular complexity index is 250. The molecule has 0 aliphatic heterocycles. The van der Waals surface area contributed by atoms with E-state index >= 15 is 0 Å². The van der Waals surface area contributed by atoms with Crippen LogP contribution >= 0.6 is 42.6 Å². The van der Waals surface area contributed by atoms with E-state index in [1.54, 1.807) is 0 Å². The van der Waals surface area contributed by atoms with Crippen LogP contribution in [0, 0.1) is 0 Å². The maximum atomic E-state index is 12.2. The predicted octanol–water partition coefficient (Wildman–Crippen LogP) is 5.11. The van der Waals surface area contributed by atoms with Crippen LogP contribution < -0.4 is 0 Å². The summed E-state index contributed by atoms with van der Waals surface area (Å²) < 4.78 is 25.7. The Labute approximate surface area is 124 Å². The number of alkyl halides is 3. The van der Waals surface area contributed by atoms with E-state index in [2.05, 4.69) is 0 Å². The first-order valence-corrected chi connectivity index (χ1v) is 8.68. The Hall–Kier alpha value is 0.980. The van der Waals surface area contributed by atoms with Crippen molar-refractivity contribution < 1.29 is 18.1 Å². The minimum Gasteiger partial charge on any atom is -0.287 e. The fraction of sp³-hybridized carbons (Fsp3) is 1.00. The maximum Gasteiger partial charge on any atom is 0.477 e. The SMILES string of the molecule is CCCCOP(=O)(OCCCC)OC(Cl)(Cl)CCl. The Kier molecular flexibility index (Phi) is 10.4. The average molecular weight is 342 g/mol. The van der Waals surface area contributed by atoms with E-state index in [-0.39, 0.29) is 19.1 Å². The van der Waals surface area contributed by atoms with E-state index in [0.717, 1.165) is 25.7 Å². The number of hydrogen-bond acceptors (Lipinski definition) is 4. The molecule has 0 heterocycles. The molecule has 0 radical (unpaired) electrons. The van der Waals surface area contributed by atoms with Gasteiger partial charge in [-0.2, -0.15) is 0 Å². The second-order valence-corrected chi connectivity index (χ2v) is 6.96. The molecule has 0 aromatic rings. The van der Waals surface area contributed by atoms with Crippen molar-refractivity contribution in [2.24, 2.45) is 0 Å². The lowest BCUT2D eigenvalue weighted by molar-refractivity contribution is 0.0951. The summed E-state index contributed by atoms with van der Waals surface area (Å²) >= 11 is 16.9. The van der Waals surface area contributed by atoms with Gasteiger partial charge >= 0.3 is 7.82 Å². The lowest BCUT2D eigenvalue weighted by Crippen LogP contribution is -2.20. The summed E-state index contributed by atoms with van der Waals surface area (Å²) in [6.45, 7) is 4.48. The van der Waals surface area contributed by atoms with E-state index in [0.29, 0.717) is 0 Å². The second-order valence-electron chi connectivity index (χ2n) is 3.68. The molecule has 0 saturated heterocycles. The molecule has 0 spiro atoms. The largest absolute Gasteiger partial charge is 0.477 e. The molecule has 0 bridgehead atoms. The molecule has 0 aromatic carbocycles. The average Bonchev–Trinajstić information content (AvgIpc) is 2.29. The van der Waals surface area contributed by atoms with Crippen molar-refractivity contribution in [2.45, 2.75) is 44.1 Å². The normalized spacial score (nSPS) is 12.9. The number of unbranched alkanes of at least 4 members (excludes halogenated alkanes) is 2. The van der Waals surface area contributed by atoms with Gasteiger partial charge in [0.25, 0.3) is 0 Å². The molecular weight excluding hydrogens is 321 g/mol. The molecular formula is C10H20Cl3O4P. The standard InChI is InChI=1S/C10H20Cl3O4P/c1-3-5-7-15-18(14,16-8-6-4-2)17-10(12,13)9-11/h3-9H2,1-2H3. The highest BCUT2D eigenvalue weighted by Gasteiger charge is 2.38. The summed E-state index contributed by atoms with van der Waals surface area (Å²) in [5.41, 5.74) is 0. The van der Waals surface area contributed by atoms with Crippen LogP contribution in [0.3, 0.4) is 0 Å². The second kappa shape index (κ2) is 9.82. The minimum absolute atomic E-state index is 0.242. The van der Waals surface area contributed by atoms with Gasteiger partial charge in [0, 0.05) is 0 Å². The van der Waals surface area contributed by atoms with Crippen LogP contribution in [0.15, 0.2) is 0 Å².